The van der Waals surface area contributed by atoms with Gasteiger partial charge in [-0.05, 0) is 38.3 Å². The fourth-order valence-corrected chi connectivity index (χ4v) is 4.20. The monoisotopic (exact) mass is 453 g/mol. The lowest BCUT2D eigenvalue weighted by molar-refractivity contribution is -0.140. The predicted molar refractivity (Wildman–Crippen MR) is 108 cm³/mol. The van der Waals surface area contributed by atoms with Crippen LogP contribution in [-0.4, -0.2) is 52.7 Å². The van der Waals surface area contributed by atoms with E-state index >= 15 is 0 Å². The van der Waals surface area contributed by atoms with Crippen molar-refractivity contribution in [2.45, 2.75) is 51.1 Å². The molecule has 174 valence electrons. The quantitative estimate of drug-likeness (QED) is 0.719. The fraction of sp³-hybridized carbons (Fsp3) is 0.571. The van der Waals surface area contributed by atoms with Crippen LogP contribution in [0.1, 0.15) is 44.2 Å². The number of ether oxygens (including phenoxy) is 1. The first-order valence-corrected chi connectivity index (χ1v) is 10.6. The summed E-state index contributed by atoms with van der Waals surface area (Å²) < 4.78 is 49.9. The van der Waals surface area contributed by atoms with Crippen LogP contribution < -0.4 is 10.9 Å². The molecule has 0 bridgehead atoms. The normalized spacial score (nSPS) is 26.5. The number of benzene rings is 1. The van der Waals surface area contributed by atoms with Crippen molar-refractivity contribution in [2.75, 3.05) is 19.7 Å². The Kier molecular flexibility index (Phi) is 6.50. The number of morpholine rings is 1. The van der Waals surface area contributed by atoms with E-state index in [9.17, 15) is 18.0 Å². The van der Waals surface area contributed by atoms with Gasteiger partial charge in [-0.2, -0.15) is 18.2 Å². The van der Waals surface area contributed by atoms with E-state index < -0.39 is 17.8 Å². The first kappa shape index (κ1) is 22.7. The average Bonchev–Trinajstić information content (AvgIpc) is 3.39. The topological polar surface area (TPSA) is 92.5 Å². The van der Waals surface area contributed by atoms with Crippen LogP contribution in [0.4, 0.5) is 13.2 Å². The third-order valence-electron chi connectivity index (χ3n) is 6.10. The Bertz CT molecular complexity index is 941. The van der Waals surface area contributed by atoms with Crippen LogP contribution >= 0.6 is 0 Å². The van der Waals surface area contributed by atoms with Gasteiger partial charge in [0.25, 0.3) is 5.89 Å². The molecule has 2 saturated heterocycles. The molecule has 11 heteroatoms. The first-order chi connectivity index (χ1) is 15.2. The van der Waals surface area contributed by atoms with Crippen molar-refractivity contribution in [3.05, 3.63) is 35.7 Å². The van der Waals surface area contributed by atoms with Crippen molar-refractivity contribution in [3.63, 3.8) is 0 Å². The van der Waals surface area contributed by atoms with E-state index in [1.165, 1.54) is 12.1 Å². The summed E-state index contributed by atoms with van der Waals surface area (Å²) in [4.78, 5) is 18.7. The van der Waals surface area contributed by atoms with Gasteiger partial charge in [0.05, 0.1) is 18.7 Å². The minimum atomic E-state index is -4.46. The second-order valence-corrected chi connectivity index (χ2v) is 8.30. The van der Waals surface area contributed by atoms with E-state index in [-0.39, 0.29) is 29.7 Å². The van der Waals surface area contributed by atoms with Crippen LogP contribution in [0.15, 0.2) is 28.8 Å². The van der Waals surface area contributed by atoms with Crippen molar-refractivity contribution >= 4 is 5.91 Å². The molecule has 0 spiro atoms. The van der Waals surface area contributed by atoms with Crippen LogP contribution in [-0.2, 0) is 15.7 Å². The molecule has 2 N–H and O–H groups in total. The van der Waals surface area contributed by atoms with Crippen LogP contribution in [0.3, 0.4) is 0 Å². The van der Waals surface area contributed by atoms with Crippen molar-refractivity contribution in [1.82, 2.24) is 25.9 Å². The Morgan fingerprint density at radius 3 is 2.72 bits per heavy atom. The number of carbonyl (C=O) groups is 1. The maximum Gasteiger partial charge on any atom is 0.416 e. The zero-order chi connectivity index (χ0) is 22.9. The first-order valence-electron chi connectivity index (χ1n) is 10.6. The number of hydrogen-bond donors (Lipinski definition) is 2. The number of aromatic nitrogens is 2. The van der Waals surface area contributed by atoms with Crippen LogP contribution in [0.25, 0.3) is 11.4 Å². The van der Waals surface area contributed by atoms with Gasteiger partial charge in [-0.1, -0.05) is 17.3 Å². The zero-order valence-corrected chi connectivity index (χ0v) is 17.9. The standard InChI is InChI=1S/C21H26F3N5O3/c1-12-16(13(2)27-26-12)6-7-18(30)29-8-9-31-17(11-29)20-25-19(28-32-20)14-4-3-5-15(10-14)21(22,23)24/h3-5,10,12-13,16-17,26-27H,6-9,11H2,1-2H3. The lowest BCUT2D eigenvalue weighted by atomic mass is 9.91. The summed E-state index contributed by atoms with van der Waals surface area (Å²) in [5.74, 6) is 0.577. The van der Waals surface area contributed by atoms with E-state index in [0.29, 0.717) is 37.6 Å². The van der Waals surface area contributed by atoms with E-state index in [0.717, 1.165) is 18.6 Å². The number of halogens is 3. The van der Waals surface area contributed by atoms with Crippen molar-refractivity contribution in [2.24, 2.45) is 5.92 Å². The van der Waals surface area contributed by atoms with Gasteiger partial charge in [0.1, 0.15) is 0 Å². The Balaban J connectivity index is 1.39. The van der Waals surface area contributed by atoms with E-state index in [4.69, 9.17) is 9.26 Å². The number of nitrogens with zero attached hydrogens (tertiary/aromatic N) is 3. The minimum Gasteiger partial charge on any atom is -0.365 e. The highest BCUT2D eigenvalue weighted by atomic mass is 19.4. The van der Waals surface area contributed by atoms with Gasteiger partial charge in [-0.3, -0.25) is 15.6 Å². The largest absolute Gasteiger partial charge is 0.416 e. The average molecular weight is 453 g/mol. The molecular weight excluding hydrogens is 427 g/mol. The molecule has 3 unspecified atom stereocenters. The van der Waals surface area contributed by atoms with Crippen LogP contribution in [0, 0.1) is 5.92 Å². The number of alkyl halides is 3. The van der Waals surface area contributed by atoms with Crippen LogP contribution in [0.5, 0.6) is 0 Å². The van der Waals surface area contributed by atoms with Gasteiger partial charge >= 0.3 is 6.18 Å². The van der Waals surface area contributed by atoms with E-state index in [2.05, 4.69) is 34.8 Å². The molecule has 2 fully saturated rings. The summed E-state index contributed by atoms with van der Waals surface area (Å²) >= 11 is 0. The predicted octanol–water partition coefficient (Wildman–Crippen LogP) is 2.94. The van der Waals surface area contributed by atoms with E-state index in [1.54, 1.807) is 4.90 Å². The molecule has 2 aromatic rings. The highest BCUT2D eigenvalue weighted by Gasteiger charge is 2.34. The maximum atomic E-state index is 13.0. The SMILES string of the molecule is CC1NNC(C)C1CCC(=O)N1CCOC(c2nc(-c3cccc(C(F)(F)F)c3)no2)C1. The van der Waals surface area contributed by atoms with Crippen molar-refractivity contribution in [1.29, 1.82) is 0 Å². The molecule has 4 rings (SSSR count). The number of hydrazine groups is 1. The number of amides is 1. The number of rotatable bonds is 5. The van der Waals surface area contributed by atoms with Gasteiger partial charge in [-0.15, -0.1) is 0 Å². The second-order valence-electron chi connectivity index (χ2n) is 8.30. The molecule has 1 aromatic heterocycles. The summed E-state index contributed by atoms with van der Waals surface area (Å²) in [5.41, 5.74) is 5.79. The molecule has 2 aliphatic heterocycles. The van der Waals surface area contributed by atoms with Crippen LogP contribution in [0.2, 0.25) is 0 Å². The minimum absolute atomic E-state index is 0.0298. The Hall–Kier alpha value is -2.50. The van der Waals surface area contributed by atoms with Crippen molar-refractivity contribution < 1.29 is 27.2 Å². The molecule has 32 heavy (non-hydrogen) atoms. The van der Waals surface area contributed by atoms with Gasteiger partial charge in [0.15, 0.2) is 6.10 Å². The van der Waals surface area contributed by atoms with Gasteiger partial charge in [0, 0.05) is 30.6 Å². The smallest absolute Gasteiger partial charge is 0.365 e. The molecule has 8 nitrogen and oxygen atoms in total. The summed E-state index contributed by atoms with van der Waals surface area (Å²) in [6.45, 7) is 5.23. The molecule has 2 aliphatic rings. The molecule has 0 radical (unpaired) electrons. The second kappa shape index (κ2) is 9.16. The highest BCUT2D eigenvalue weighted by Crippen LogP contribution is 2.32. The molecule has 0 saturated carbocycles. The molecule has 3 atom stereocenters. The fourth-order valence-electron chi connectivity index (χ4n) is 4.20. The lowest BCUT2D eigenvalue weighted by Crippen LogP contribution is -2.42. The lowest BCUT2D eigenvalue weighted by Gasteiger charge is -2.31. The molecule has 1 amide bonds. The number of hydrogen-bond acceptors (Lipinski definition) is 7. The van der Waals surface area contributed by atoms with Crippen molar-refractivity contribution in [3.8, 4) is 11.4 Å². The summed E-state index contributed by atoms with van der Waals surface area (Å²) in [7, 11) is 0. The number of carbonyl (C=O) groups excluding carboxylic acids is 1. The third-order valence-corrected chi connectivity index (χ3v) is 6.10. The molecule has 1 aromatic carbocycles. The van der Waals surface area contributed by atoms with E-state index in [1.807, 2.05) is 0 Å². The molecule has 0 aliphatic carbocycles. The molecular formula is C21H26F3N5O3. The summed E-state index contributed by atoms with van der Waals surface area (Å²) in [6.07, 6.45) is -3.89. The molecule has 3 heterocycles. The highest BCUT2D eigenvalue weighted by molar-refractivity contribution is 5.76. The Morgan fingerprint density at radius 1 is 1.25 bits per heavy atom. The Labute approximate surface area is 183 Å². The summed E-state index contributed by atoms with van der Waals surface area (Å²) in [6, 6.07) is 5.32. The third kappa shape index (κ3) is 4.94. The maximum absolute atomic E-state index is 13.0. The zero-order valence-electron chi connectivity index (χ0n) is 17.9. The van der Waals surface area contributed by atoms with Gasteiger partial charge < -0.3 is 14.2 Å². The Morgan fingerprint density at radius 2 is 2.00 bits per heavy atom. The van der Waals surface area contributed by atoms with Gasteiger partial charge in [-0.25, -0.2) is 0 Å². The number of nitrogens with one attached hydrogen (secondary N) is 2. The summed E-state index contributed by atoms with van der Waals surface area (Å²) in [5, 5.41) is 3.81. The van der Waals surface area contributed by atoms with Gasteiger partial charge in [0.2, 0.25) is 11.7 Å².